The molecule has 2 aromatic rings. The minimum atomic E-state index is -3.50. The zero-order chi connectivity index (χ0) is 13.2. The Morgan fingerprint density at radius 1 is 0.889 bits per heavy atom. The van der Waals surface area contributed by atoms with Crippen LogP contribution in [0.2, 0.25) is 0 Å². The molecule has 0 saturated heterocycles. The fourth-order valence-corrected chi connectivity index (χ4v) is 2.78. The van der Waals surface area contributed by atoms with E-state index in [1.807, 2.05) is 32.0 Å². The molecule has 2 aromatic carbocycles. The van der Waals surface area contributed by atoms with E-state index in [4.69, 9.17) is 0 Å². The number of aryl methyl sites for hydroxylation is 2. The van der Waals surface area contributed by atoms with Crippen LogP contribution in [0.3, 0.4) is 0 Å². The Bertz CT molecular complexity index is 646. The van der Waals surface area contributed by atoms with Gasteiger partial charge in [0, 0.05) is 5.69 Å². The molecule has 1 N–H and O–H groups in total. The average Bonchev–Trinajstić information content (AvgIpc) is 2.32. The maximum Gasteiger partial charge on any atom is 0.261 e. The molecule has 3 nitrogen and oxygen atoms in total. The molecule has 0 heterocycles. The molecule has 0 unspecified atom stereocenters. The van der Waals surface area contributed by atoms with E-state index in [0.29, 0.717) is 5.69 Å². The second kappa shape index (κ2) is 4.82. The van der Waals surface area contributed by atoms with E-state index >= 15 is 0 Å². The number of anilines is 1. The van der Waals surface area contributed by atoms with Gasteiger partial charge < -0.3 is 0 Å². The highest BCUT2D eigenvalue weighted by Crippen LogP contribution is 2.17. The number of hydrogen-bond donors (Lipinski definition) is 1. The van der Waals surface area contributed by atoms with Crippen LogP contribution in [-0.4, -0.2) is 8.42 Å². The van der Waals surface area contributed by atoms with Crippen LogP contribution in [0, 0.1) is 13.8 Å². The Labute approximate surface area is 108 Å². The molecule has 0 aliphatic heterocycles. The summed E-state index contributed by atoms with van der Waals surface area (Å²) in [4.78, 5) is 0.281. The van der Waals surface area contributed by atoms with Gasteiger partial charge in [0.1, 0.15) is 0 Å². The highest BCUT2D eigenvalue weighted by atomic mass is 32.2. The van der Waals surface area contributed by atoms with Crippen molar-refractivity contribution in [3.63, 3.8) is 0 Å². The first-order valence-corrected chi connectivity index (χ1v) is 7.12. The molecule has 0 aliphatic rings. The van der Waals surface area contributed by atoms with Crippen molar-refractivity contribution >= 4 is 15.7 Å². The maximum absolute atomic E-state index is 12.1. The SMILES string of the molecule is Cc1ccc(NS(=O)(=O)c2cccc(C)c2)cc1. The number of nitrogens with one attached hydrogen (secondary N) is 1. The van der Waals surface area contributed by atoms with E-state index in [1.54, 1.807) is 30.3 Å². The zero-order valence-electron chi connectivity index (χ0n) is 10.3. The number of sulfonamides is 1. The summed E-state index contributed by atoms with van der Waals surface area (Å²) in [5, 5.41) is 0. The van der Waals surface area contributed by atoms with Gasteiger partial charge in [0.2, 0.25) is 0 Å². The molecule has 0 aliphatic carbocycles. The van der Waals surface area contributed by atoms with Gasteiger partial charge >= 0.3 is 0 Å². The highest BCUT2D eigenvalue weighted by Gasteiger charge is 2.13. The molecular weight excluding hydrogens is 246 g/mol. The minimum absolute atomic E-state index is 0.281. The van der Waals surface area contributed by atoms with Crippen molar-refractivity contribution in [2.45, 2.75) is 18.7 Å². The summed E-state index contributed by atoms with van der Waals surface area (Å²) >= 11 is 0. The van der Waals surface area contributed by atoms with Crippen molar-refractivity contribution in [3.05, 3.63) is 59.7 Å². The lowest BCUT2D eigenvalue weighted by Crippen LogP contribution is -2.12. The van der Waals surface area contributed by atoms with Crippen molar-refractivity contribution in [1.82, 2.24) is 0 Å². The van der Waals surface area contributed by atoms with Gasteiger partial charge in [-0.3, -0.25) is 4.72 Å². The molecular formula is C14H15NO2S. The summed E-state index contributed by atoms with van der Waals surface area (Å²) in [5.41, 5.74) is 2.58. The van der Waals surface area contributed by atoms with Gasteiger partial charge in [-0.05, 0) is 43.7 Å². The second-order valence-electron chi connectivity index (χ2n) is 4.29. The summed E-state index contributed by atoms with van der Waals surface area (Å²) in [5.74, 6) is 0. The Morgan fingerprint density at radius 3 is 2.17 bits per heavy atom. The molecule has 0 radical (unpaired) electrons. The first kappa shape index (κ1) is 12.6. The molecule has 0 amide bonds. The third-order valence-corrected chi connectivity index (χ3v) is 3.98. The molecule has 0 saturated carbocycles. The highest BCUT2D eigenvalue weighted by molar-refractivity contribution is 7.92. The van der Waals surface area contributed by atoms with Crippen molar-refractivity contribution in [3.8, 4) is 0 Å². The number of benzene rings is 2. The molecule has 2 rings (SSSR count). The molecule has 0 spiro atoms. The van der Waals surface area contributed by atoms with Crippen LogP contribution in [0.5, 0.6) is 0 Å². The lowest BCUT2D eigenvalue weighted by Gasteiger charge is -2.08. The third-order valence-electron chi connectivity index (χ3n) is 2.60. The molecule has 18 heavy (non-hydrogen) atoms. The molecule has 0 bridgehead atoms. The van der Waals surface area contributed by atoms with Gasteiger partial charge in [0.25, 0.3) is 10.0 Å². The van der Waals surface area contributed by atoms with E-state index in [1.165, 1.54) is 0 Å². The fourth-order valence-electron chi connectivity index (χ4n) is 1.62. The van der Waals surface area contributed by atoms with Crippen molar-refractivity contribution in [1.29, 1.82) is 0 Å². The molecule has 4 heteroatoms. The Balaban J connectivity index is 2.30. The van der Waals surface area contributed by atoms with Crippen molar-refractivity contribution < 1.29 is 8.42 Å². The average molecular weight is 261 g/mol. The summed E-state index contributed by atoms with van der Waals surface area (Å²) in [6, 6.07) is 14.1. The van der Waals surface area contributed by atoms with E-state index in [-0.39, 0.29) is 4.90 Å². The summed E-state index contributed by atoms with van der Waals surface area (Å²) in [6.07, 6.45) is 0. The monoisotopic (exact) mass is 261 g/mol. The van der Waals surface area contributed by atoms with Gasteiger partial charge in [-0.1, -0.05) is 29.8 Å². The van der Waals surface area contributed by atoms with Crippen LogP contribution >= 0.6 is 0 Å². The van der Waals surface area contributed by atoms with Gasteiger partial charge in [-0.25, -0.2) is 8.42 Å². The normalized spacial score (nSPS) is 11.2. The predicted octanol–water partition coefficient (Wildman–Crippen LogP) is 3.10. The maximum atomic E-state index is 12.1. The second-order valence-corrected chi connectivity index (χ2v) is 5.97. The van der Waals surface area contributed by atoms with Gasteiger partial charge in [0.15, 0.2) is 0 Å². The van der Waals surface area contributed by atoms with Crippen molar-refractivity contribution in [2.75, 3.05) is 4.72 Å². The van der Waals surface area contributed by atoms with Crippen LogP contribution in [0.4, 0.5) is 5.69 Å². The Morgan fingerprint density at radius 2 is 1.56 bits per heavy atom. The van der Waals surface area contributed by atoms with Gasteiger partial charge in [-0.2, -0.15) is 0 Å². The number of hydrogen-bond acceptors (Lipinski definition) is 2. The quantitative estimate of drug-likeness (QED) is 0.922. The topological polar surface area (TPSA) is 46.2 Å². The zero-order valence-corrected chi connectivity index (χ0v) is 11.2. The van der Waals surface area contributed by atoms with E-state index in [2.05, 4.69) is 4.72 Å². The lowest BCUT2D eigenvalue weighted by molar-refractivity contribution is 0.601. The third kappa shape index (κ3) is 2.90. The molecule has 0 aromatic heterocycles. The standard InChI is InChI=1S/C14H15NO2S/c1-11-6-8-13(9-7-11)15-18(16,17)14-5-3-4-12(2)10-14/h3-10,15H,1-2H3. The fraction of sp³-hybridized carbons (Fsp3) is 0.143. The predicted molar refractivity (Wildman–Crippen MR) is 73.2 cm³/mol. The lowest BCUT2D eigenvalue weighted by atomic mass is 10.2. The Hall–Kier alpha value is -1.81. The van der Waals surface area contributed by atoms with E-state index in [0.717, 1.165) is 11.1 Å². The van der Waals surface area contributed by atoms with Crippen molar-refractivity contribution in [2.24, 2.45) is 0 Å². The summed E-state index contributed by atoms with van der Waals surface area (Å²) in [7, 11) is -3.50. The Kier molecular flexibility index (Phi) is 3.39. The first-order chi connectivity index (χ1) is 8.47. The van der Waals surface area contributed by atoms with E-state index < -0.39 is 10.0 Å². The van der Waals surface area contributed by atoms with Crippen LogP contribution in [0.1, 0.15) is 11.1 Å². The van der Waals surface area contributed by atoms with Crippen LogP contribution in [0.15, 0.2) is 53.4 Å². The smallest absolute Gasteiger partial charge is 0.261 e. The summed E-state index contributed by atoms with van der Waals surface area (Å²) in [6.45, 7) is 3.82. The first-order valence-electron chi connectivity index (χ1n) is 5.63. The molecule has 0 atom stereocenters. The molecule has 94 valence electrons. The van der Waals surface area contributed by atoms with Gasteiger partial charge in [0.05, 0.1) is 4.90 Å². The van der Waals surface area contributed by atoms with E-state index in [9.17, 15) is 8.42 Å². The van der Waals surface area contributed by atoms with Crippen LogP contribution < -0.4 is 4.72 Å². The van der Waals surface area contributed by atoms with Crippen LogP contribution in [-0.2, 0) is 10.0 Å². The van der Waals surface area contributed by atoms with Crippen LogP contribution in [0.25, 0.3) is 0 Å². The number of rotatable bonds is 3. The minimum Gasteiger partial charge on any atom is -0.280 e. The largest absolute Gasteiger partial charge is 0.280 e. The molecule has 0 fully saturated rings. The van der Waals surface area contributed by atoms with Gasteiger partial charge in [-0.15, -0.1) is 0 Å². The summed E-state index contributed by atoms with van der Waals surface area (Å²) < 4.78 is 26.8.